The highest BCUT2D eigenvalue weighted by Crippen LogP contribution is 2.24. The van der Waals surface area contributed by atoms with Crippen LogP contribution < -0.4 is 5.32 Å². The molecule has 1 rings (SSSR count). The summed E-state index contributed by atoms with van der Waals surface area (Å²) >= 11 is 0. The highest BCUT2D eigenvalue weighted by Gasteiger charge is 2.44. The number of allylic oxidation sites excluding steroid dienone is 5. The van der Waals surface area contributed by atoms with Gasteiger partial charge in [0.05, 0.1) is 25.4 Å². The van der Waals surface area contributed by atoms with E-state index < -0.39 is 49.5 Å². The Bertz CT molecular complexity index is 1540. The third-order valence-electron chi connectivity index (χ3n) is 19.7. The average molecular weight is 1290 g/mol. The van der Waals surface area contributed by atoms with Crippen molar-refractivity contribution in [2.24, 2.45) is 0 Å². The van der Waals surface area contributed by atoms with Gasteiger partial charge in [0, 0.05) is 6.42 Å². The fraction of sp³-hybridized carbons (Fsp3) is 0.915. The van der Waals surface area contributed by atoms with Gasteiger partial charge in [0.2, 0.25) is 5.91 Å². The van der Waals surface area contributed by atoms with Crippen LogP contribution in [0.25, 0.3) is 0 Å². The Kier molecular flexibility index (Phi) is 68.4. The third kappa shape index (κ3) is 59.4. The summed E-state index contributed by atoms with van der Waals surface area (Å²) in [7, 11) is 0. The molecule has 1 aliphatic rings. The van der Waals surface area contributed by atoms with E-state index in [-0.39, 0.29) is 12.5 Å². The monoisotopic (exact) mass is 1280 g/mol. The molecular formula is C82H157NO8. The molecule has 1 heterocycles. The second-order valence-corrected chi connectivity index (χ2v) is 28.6. The van der Waals surface area contributed by atoms with Crippen LogP contribution in [-0.4, -0.2) is 87.5 Å². The number of ether oxygens (including phenoxy) is 2. The number of carbonyl (C=O) groups excluding carboxylic acids is 1. The van der Waals surface area contributed by atoms with Crippen molar-refractivity contribution in [3.63, 3.8) is 0 Å². The fourth-order valence-electron chi connectivity index (χ4n) is 13.4. The average Bonchev–Trinajstić information content (AvgIpc) is 1.58. The number of amides is 1. The molecule has 1 amide bonds. The smallest absolute Gasteiger partial charge is 0.220 e. The Hall–Kier alpha value is -1.59. The lowest BCUT2D eigenvalue weighted by Crippen LogP contribution is -2.60. The topological polar surface area (TPSA) is 149 Å². The van der Waals surface area contributed by atoms with E-state index in [1.807, 2.05) is 6.08 Å². The minimum absolute atomic E-state index is 0.167. The van der Waals surface area contributed by atoms with E-state index in [1.54, 1.807) is 6.08 Å². The molecule has 7 unspecified atom stereocenters. The SMILES string of the molecule is CCCCCCC/C=C\C/C=C\CCCCCCCCCCCCCCCCCCCCCCCCCC(=O)NC(COC1OC(CO)C(O)C(O)C1O)C(O)/C=C/CCCCCCCCCCCCCCCCCCCCCCCCCCCCCCCCC. The summed E-state index contributed by atoms with van der Waals surface area (Å²) in [4.78, 5) is 13.2. The van der Waals surface area contributed by atoms with Crippen LogP contribution in [0.1, 0.15) is 425 Å². The van der Waals surface area contributed by atoms with Crippen LogP contribution in [0.15, 0.2) is 36.5 Å². The molecule has 1 aliphatic heterocycles. The first-order chi connectivity index (χ1) is 44.8. The summed E-state index contributed by atoms with van der Waals surface area (Å²) in [6, 6.07) is -0.805. The van der Waals surface area contributed by atoms with Gasteiger partial charge in [-0.25, -0.2) is 0 Å². The van der Waals surface area contributed by atoms with Crippen LogP contribution in [0.5, 0.6) is 0 Å². The summed E-state index contributed by atoms with van der Waals surface area (Å²) < 4.78 is 11.4. The Morgan fingerprint density at radius 3 is 0.945 bits per heavy atom. The first-order valence-corrected chi connectivity index (χ1v) is 40.7. The zero-order valence-corrected chi connectivity index (χ0v) is 60.6. The molecule has 0 aromatic heterocycles. The van der Waals surface area contributed by atoms with Crippen molar-refractivity contribution in [2.75, 3.05) is 13.2 Å². The van der Waals surface area contributed by atoms with Crippen LogP contribution in [-0.2, 0) is 14.3 Å². The van der Waals surface area contributed by atoms with Gasteiger partial charge in [-0.3, -0.25) is 4.79 Å². The highest BCUT2D eigenvalue weighted by molar-refractivity contribution is 5.76. The summed E-state index contributed by atoms with van der Waals surface area (Å²) in [6.45, 7) is 3.84. The Morgan fingerprint density at radius 2 is 0.648 bits per heavy atom. The van der Waals surface area contributed by atoms with Gasteiger partial charge < -0.3 is 40.3 Å². The van der Waals surface area contributed by atoms with Crippen LogP contribution in [0.3, 0.4) is 0 Å². The Morgan fingerprint density at radius 1 is 0.374 bits per heavy atom. The maximum Gasteiger partial charge on any atom is 0.220 e. The Balaban J connectivity index is 2.06. The van der Waals surface area contributed by atoms with Crippen molar-refractivity contribution < 1.29 is 39.8 Å². The lowest BCUT2D eigenvalue weighted by Gasteiger charge is -2.40. The number of nitrogens with one attached hydrogen (secondary N) is 1. The highest BCUT2D eigenvalue weighted by atomic mass is 16.7. The molecule has 0 bridgehead atoms. The largest absolute Gasteiger partial charge is 0.394 e. The van der Waals surface area contributed by atoms with Gasteiger partial charge >= 0.3 is 0 Å². The maximum atomic E-state index is 13.2. The molecule has 0 radical (unpaired) electrons. The summed E-state index contributed by atoms with van der Waals surface area (Å²) in [5.41, 5.74) is 0. The van der Waals surface area contributed by atoms with E-state index >= 15 is 0 Å². The molecule has 0 aliphatic carbocycles. The van der Waals surface area contributed by atoms with Gasteiger partial charge in [-0.2, -0.15) is 0 Å². The number of rotatable bonds is 73. The summed E-state index contributed by atoms with van der Waals surface area (Å²) in [5.74, 6) is -0.167. The van der Waals surface area contributed by atoms with Gasteiger partial charge in [0.1, 0.15) is 24.4 Å². The van der Waals surface area contributed by atoms with Crippen molar-refractivity contribution in [2.45, 2.75) is 468 Å². The minimum Gasteiger partial charge on any atom is -0.394 e. The van der Waals surface area contributed by atoms with Gasteiger partial charge in [0.15, 0.2) is 6.29 Å². The predicted molar refractivity (Wildman–Crippen MR) is 392 cm³/mol. The van der Waals surface area contributed by atoms with E-state index in [0.29, 0.717) is 6.42 Å². The second-order valence-electron chi connectivity index (χ2n) is 28.6. The predicted octanol–water partition coefficient (Wildman–Crippen LogP) is 23.3. The number of aliphatic hydroxyl groups excluding tert-OH is 5. The number of hydrogen-bond donors (Lipinski definition) is 6. The molecule has 1 fully saturated rings. The zero-order chi connectivity index (χ0) is 65.7. The van der Waals surface area contributed by atoms with E-state index in [4.69, 9.17) is 9.47 Å². The quantitative estimate of drug-likeness (QED) is 0.0261. The van der Waals surface area contributed by atoms with Crippen molar-refractivity contribution in [3.8, 4) is 0 Å². The number of carbonyl (C=O) groups is 1. The van der Waals surface area contributed by atoms with Gasteiger partial charge in [-0.05, 0) is 51.4 Å². The fourth-order valence-corrected chi connectivity index (χ4v) is 13.4. The van der Waals surface area contributed by atoms with Gasteiger partial charge in [0.25, 0.3) is 0 Å². The van der Waals surface area contributed by atoms with Crippen LogP contribution >= 0.6 is 0 Å². The molecule has 1 saturated heterocycles. The third-order valence-corrected chi connectivity index (χ3v) is 19.7. The van der Waals surface area contributed by atoms with Crippen molar-refractivity contribution in [3.05, 3.63) is 36.5 Å². The summed E-state index contributed by atoms with van der Waals surface area (Å²) in [6.07, 6.45) is 90.2. The van der Waals surface area contributed by atoms with E-state index in [1.165, 1.54) is 360 Å². The number of unbranched alkanes of at least 4 members (excludes halogenated alkanes) is 59. The van der Waals surface area contributed by atoms with Crippen molar-refractivity contribution >= 4 is 5.91 Å². The molecule has 9 heteroatoms. The molecule has 0 saturated carbocycles. The molecule has 6 N–H and O–H groups in total. The van der Waals surface area contributed by atoms with E-state index in [2.05, 4.69) is 43.5 Å². The van der Waals surface area contributed by atoms with Crippen molar-refractivity contribution in [1.29, 1.82) is 0 Å². The number of hydrogen-bond acceptors (Lipinski definition) is 8. The van der Waals surface area contributed by atoms with Gasteiger partial charge in [-0.1, -0.05) is 403 Å². The molecule has 7 atom stereocenters. The Labute approximate surface area is 565 Å². The molecule has 9 nitrogen and oxygen atoms in total. The first kappa shape index (κ1) is 87.4. The molecule has 538 valence electrons. The van der Waals surface area contributed by atoms with Crippen LogP contribution in [0.4, 0.5) is 0 Å². The summed E-state index contributed by atoms with van der Waals surface area (Å²) in [5, 5.41) is 54.9. The first-order valence-electron chi connectivity index (χ1n) is 40.7. The molecule has 91 heavy (non-hydrogen) atoms. The van der Waals surface area contributed by atoms with Gasteiger partial charge in [-0.15, -0.1) is 0 Å². The zero-order valence-electron chi connectivity index (χ0n) is 60.6. The maximum absolute atomic E-state index is 13.2. The minimum atomic E-state index is -1.57. The van der Waals surface area contributed by atoms with E-state index in [0.717, 1.165) is 44.9 Å². The van der Waals surface area contributed by atoms with E-state index in [9.17, 15) is 30.3 Å². The van der Waals surface area contributed by atoms with Crippen molar-refractivity contribution in [1.82, 2.24) is 5.32 Å². The molecule has 0 aromatic carbocycles. The lowest BCUT2D eigenvalue weighted by molar-refractivity contribution is -0.302. The normalized spacial score (nSPS) is 17.8. The molecular weight excluding hydrogens is 1130 g/mol. The lowest BCUT2D eigenvalue weighted by atomic mass is 9.99. The second kappa shape index (κ2) is 71.2. The molecule has 0 spiro atoms. The molecule has 0 aromatic rings. The number of aliphatic hydroxyl groups is 5. The standard InChI is InChI=1S/C82H157NO8/c1-3-5-7-9-11-13-15-17-19-21-23-25-27-29-31-33-35-37-38-40-42-44-46-48-50-52-54-56-58-60-62-64-66-68-70-72-78(86)83-75(74-90-82-81(89)80(88)79(87)77(73-84)91-82)76(85)71-69-67-65-63-61-59-57-55-53-51-49-47-45-43-41-39-36-34-32-30-28-26-24-22-20-18-16-14-12-10-8-6-4-2/h15,17,21,23,69,71,75-77,79-82,84-85,87-89H,3-14,16,18-20,22,24-68,70,72-74H2,1-2H3,(H,83,86)/b17-15-,23-21-,71-69+. The van der Waals surface area contributed by atoms with Crippen LogP contribution in [0.2, 0.25) is 0 Å². The van der Waals surface area contributed by atoms with Crippen LogP contribution in [0, 0.1) is 0 Å².